The molecule has 1 heterocycles. The average molecular weight is 352 g/mol. The van der Waals surface area contributed by atoms with Gasteiger partial charge in [0.2, 0.25) is 0 Å². The van der Waals surface area contributed by atoms with E-state index in [4.69, 9.17) is 5.11 Å². The molecular weight excluding hydrogens is 336 g/mol. The zero-order valence-corrected chi connectivity index (χ0v) is 14.6. The summed E-state index contributed by atoms with van der Waals surface area (Å²) < 4.78 is 0. The van der Waals surface area contributed by atoms with Gasteiger partial charge in [0, 0.05) is 0 Å². The van der Waals surface area contributed by atoms with Crippen molar-refractivity contribution in [3.8, 4) is 0 Å². The zero-order valence-electron chi connectivity index (χ0n) is 13.7. The van der Waals surface area contributed by atoms with Gasteiger partial charge in [-0.1, -0.05) is 35.9 Å². The Labute approximate surface area is 149 Å². The molecule has 5 nitrogen and oxygen atoms in total. The molecular formula is C19H16N2O3S. The molecule has 0 saturated carbocycles. The Hall–Kier alpha value is -2.86. The van der Waals surface area contributed by atoms with Crippen LogP contribution in [0.2, 0.25) is 0 Å². The smallest absolute Gasteiger partial charge is 0.335 e. The molecule has 0 aromatic heterocycles. The van der Waals surface area contributed by atoms with E-state index < -0.39 is 5.97 Å². The number of nitrogens with one attached hydrogen (secondary N) is 1. The van der Waals surface area contributed by atoms with Crippen LogP contribution in [0.5, 0.6) is 0 Å². The fourth-order valence-electron chi connectivity index (χ4n) is 2.36. The van der Waals surface area contributed by atoms with Gasteiger partial charge in [-0.05, 0) is 54.9 Å². The van der Waals surface area contributed by atoms with E-state index in [-0.39, 0.29) is 11.5 Å². The molecule has 3 rings (SSSR count). The van der Waals surface area contributed by atoms with Gasteiger partial charge in [-0.25, -0.2) is 9.79 Å². The third kappa shape index (κ3) is 3.97. The fraction of sp³-hybridized carbons (Fsp3) is 0.105. The minimum Gasteiger partial charge on any atom is -0.478 e. The number of amidine groups is 1. The van der Waals surface area contributed by atoms with Gasteiger partial charge >= 0.3 is 5.97 Å². The van der Waals surface area contributed by atoms with Crippen LogP contribution in [0.15, 0.2) is 52.4 Å². The molecule has 126 valence electrons. The number of aromatic carboxylic acids is 1. The van der Waals surface area contributed by atoms with Crippen molar-refractivity contribution in [2.45, 2.75) is 13.8 Å². The highest BCUT2D eigenvalue weighted by molar-refractivity contribution is 8.18. The van der Waals surface area contributed by atoms with E-state index in [1.807, 2.05) is 44.2 Å². The molecule has 2 aromatic carbocycles. The number of benzene rings is 2. The van der Waals surface area contributed by atoms with Gasteiger partial charge in [-0.3, -0.25) is 4.79 Å². The molecule has 6 heteroatoms. The normalized spacial score (nSPS) is 17.1. The highest BCUT2D eigenvalue weighted by Crippen LogP contribution is 2.29. The molecule has 0 bridgehead atoms. The summed E-state index contributed by atoms with van der Waals surface area (Å²) in [6.45, 7) is 3.84. The molecule has 1 aliphatic heterocycles. The standard InChI is InChI=1S/C19H16N2O3S/c1-11-4-3-5-13(8-11)9-16-17(22)21-19(25-16)20-15-10-14(18(23)24)7-6-12(15)2/h3-10H,1-2H3,(H,23,24)(H,20,21,22)/b16-9-. The van der Waals surface area contributed by atoms with E-state index >= 15 is 0 Å². The number of aliphatic imine (C=N–C) groups is 1. The van der Waals surface area contributed by atoms with Crippen molar-refractivity contribution in [3.63, 3.8) is 0 Å². The van der Waals surface area contributed by atoms with Crippen molar-refractivity contribution in [2.75, 3.05) is 0 Å². The van der Waals surface area contributed by atoms with Crippen molar-refractivity contribution in [2.24, 2.45) is 4.99 Å². The first-order valence-corrected chi connectivity index (χ1v) is 8.44. The minimum atomic E-state index is -1.01. The lowest BCUT2D eigenvalue weighted by Gasteiger charge is -2.03. The number of aryl methyl sites for hydroxylation is 2. The summed E-state index contributed by atoms with van der Waals surface area (Å²) in [7, 11) is 0. The lowest BCUT2D eigenvalue weighted by Crippen LogP contribution is -2.19. The van der Waals surface area contributed by atoms with Crippen LogP contribution in [0.1, 0.15) is 27.0 Å². The molecule has 0 radical (unpaired) electrons. The van der Waals surface area contributed by atoms with E-state index in [0.29, 0.717) is 15.8 Å². The summed E-state index contributed by atoms with van der Waals surface area (Å²) in [5.41, 5.74) is 3.59. The summed E-state index contributed by atoms with van der Waals surface area (Å²) in [6.07, 6.45) is 1.82. The number of carbonyl (C=O) groups excluding carboxylic acids is 1. The highest BCUT2D eigenvalue weighted by Gasteiger charge is 2.24. The number of thioether (sulfide) groups is 1. The van der Waals surface area contributed by atoms with Crippen molar-refractivity contribution in [1.82, 2.24) is 5.32 Å². The van der Waals surface area contributed by atoms with Crippen LogP contribution in [0, 0.1) is 13.8 Å². The lowest BCUT2D eigenvalue weighted by molar-refractivity contribution is -0.115. The maximum atomic E-state index is 12.1. The second-order valence-corrected chi connectivity index (χ2v) is 6.73. The third-order valence-electron chi connectivity index (χ3n) is 3.67. The van der Waals surface area contributed by atoms with Crippen LogP contribution in [-0.4, -0.2) is 22.2 Å². The minimum absolute atomic E-state index is 0.162. The molecule has 1 aliphatic rings. The van der Waals surface area contributed by atoms with Crippen molar-refractivity contribution in [1.29, 1.82) is 0 Å². The summed E-state index contributed by atoms with van der Waals surface area (Å²) >= 11 is 1.24. The van der Waals surface area contributed by atoms with Gasteiger partial charge in [-0.15, -0.1) is 0 Å². The highest BCUT2D eigenvalue weighted by atomic mass is 32.2. The van der Waals surface area contributed by atoms with Crippen LogP contribution in [0.25, 0.3) is 6.08 Å². The van der Waals surface area contributed by atoms with Crippen LogP contribution in [0.4, 0.5) is 5.69 Å². The first kappa shape index (κ1) is 17.0. The predicted molar refractivity (Wildman–Crippen MR) is 100 cm³/mol. The monoisotopic (exact) mass is 352 g/mol. The number of nitrogens with zero attached hydrogens (tertiary/aromatic N) is 1. The molecule has 25 heavy (non-hydrogen) atoms. The lowest BCUT2D eigenvalue weighted by atomic mass is 10.1. The van der Waals surface area contributed by atoms with Gasteiger partial charge in [0.05, 0.1) is 16.2 Å². The quantitative estimate of drug-likeness (QED) is 0.821. The molecule has 2 aromatic rings. The van der Waals surface area contributed by atoms with Gasteiger partial charge in [-0.2, -0.15) is 0 Å². The van der Waals surface area contributed by atoms with E-state index in [1.165, 1.54) is 23.9 Å². The number of carboxylic acids is 1. The van der Waals surface area contributed by atoms with Gasteiger partial charge in [0.1, 0.15) is 0 Å². The largest absolute Gasteiger partial charge is 0.478 e. The molecule has 1 saturated heterocycles. The van der Waals surface area contributed by atoms with Crippen LogP contribution in [-0.2, 0) is 4.79 Å². The Morgan fingerprint density at radius 1 is 1.20 bits per heavy atom. The third-order valence-corrected chi connectivity index (χ3v) is 4.58. The summed E-state index contributed by atoms with van der Waals surface area (Å²) in [4.78, 5) is 28.2. The van der Waals surface area contributed by atoms with E-state index in [2.05, 4.69) is 10.3 Å². The number of hydrogen-bond donors (Lipinski definition) is 2. The Morgan fingerprint density at radius 3 is 2.72 bits per heavy atom. The molecule has 2 N–H and O–H groups in total. The Bertz CT molecular complexity index is 932. The van der Waals surface area contributed by atoms with Crippen LogP contribution in [0.3, 0.4) is 0 Å². The first-order chi connectivity index (χ1) is 11.9. The topological polar surface area (TPSA) is 78.8 Å². The predicted octanol–water partition coefficient (Wildman–Crippen LogP) is 3.89. The number of hydrogen-bond acceptors (Lipinski definition) is 4. The summed E-state index contributed by atoms with van der Waals surface area (Å²) in [5.74, 6) is -1.22. The molecule has 0 atom stereocenters. The molecule has 0 unspecified atom stereocenters. The van der Waals surface area contributed by atoms with E-state index in [9.17, 15) is 9.59 Å². The number of carboxylic acid groups (broad SMARTS) is 1. The van der Waals surface area contributed by atoms with Gasteiger partial charge < -0.3 is 10.4 Å². The van der Waals surface area contributed by atoms with E-state index in [0.717, 1.165) is 16.7 Å². The summed E-state index contributed by atoms with van der Waals surface area (Å²) in [6, 6.07) is 12.6. The number of amides is 1. The van der Waals surface area contributed by atoms with Crippen LogP contribution < -0.4 is 5.32 Å². The van der Waals surface area contributed by atoms with Gasteiger partial charge in [0.25, 0.3) is 5.91 Å². The first-order valence-electron chi connectivity index (χ1n) is 7.62. The Morgan fingerprint density at radius 2 is 2.00 bits per heavy atom. The zero-order chi connectivity index (χ0) is 18.0. The number of rotatable bonds is 3. The molecule has 0 spiro atoms. The molecule has 0 aliphatic carbocycles. The van der Waals surface area contributed by atoms with Crippen LogP contribution >= 0.6 is 11.8 Å². The maximum absolute atomic E-state index is 12.1. The average Bonchev–Trinajstić information content (AvgIpc) is 2.89. The second kappa shape index (κ2) is 6.94. The SMILES string of the molecule is Cc1cccc(/C=C2\SC(=Nc3cc(C(=O)O)ccc3C)NC2=O)c1. The molecule has 1 amide bonds. The fourth-order valence-corrected chi connectivity index (χ4v) is 3.20. The van der Waals surface area contributed by atoms with Crippen molar-refractivity contribution in [3.05, 3.63) is 69.6 Å². The number of carbonyl (C=O) groups is 2. The van der Waals surface area contributed by atoms with Crippen molar-refractivity contribution < 1.29 is 14.7 Å². The van der Waals surface area contributed by atoms with E-state index in [1.54, 1.807) is 6.07 Å². The Kier molecular flexibility index (Phi) is 4.72. The van der Waals surface area contributed by atoms with Gasteiger partial charge in [0.15, 0.2) is 5.17 Å². The molecule has 1 fully saturated rings. The van der Waals surface area contributed by atoms with Crippen molar-refractivity contribution >= 4 is 40.6 Å². The summed E-state index contributed by atoms with van der Waals surface area (Å²) in [5, 5.41) is 12.3. The maximum Gasteiger partial charge on any atom is 0.335 e. The second-order valence-electron chi connectivity index (χ2n) is 5.70. The Balaban J connectivity index is 1.89.